The number of alkyl halides is 3. The molecule has 0 spiro atoms. The van der Waals surface area contributed by atoms with Crippen molar-refractivity contribution in [3.8, 4) is 0 Å². The number of likely N-dealkylation sites (tertiary alicyclic amines) is 1. The average molecular weight is 384 g/mol. The number of halogens is 3. The van der Waals surface area contributed by atoms with Crippen molar-refractivity contribution in [3.63, 3.8) is 0 Å². The molecule has 0 amide bonds. The van der Waals surface area contributed by atoms with E-state index < -0.39 is 11.7 Å². The molecule has 3 nitrogen and oxygen atoms in total. The summed E-state index contributed by atoms with van der Waals surface area (Å²) in [6, 6.07) is 5.73. The van der Waals surface area contributed by atoms with Crippen LogP contribution in [0, 0.1) is 11.8 Å². The minimum absolute atomic E-state index is 0.547. The molecule has 0 saturated carbocycles. The molecule has 1 aromatic carbocycles. The van der Waals surface area contributed by atoms with Gasteiger partial charge in [-0.15, -0.1) is 0 Å². The largest absolute Gasteiger partial charge is 0.416 e. The first-order valence-electron chi connectivity index (χ1n) is 10.0. The summed E-state index contributed by atoms with van der Waals surface area (Å²) in [5, 5.41) is 0. The van der Waals surface area contributed by atoms with E-state index >= 15 is 0 Å². The summed E-state index contributed by atoms with van der Waals surface area (Å²) in [6.45, 7) is 6.99. The predicted octanol–water partition coefficient (Wildman–Crippen LogP) is 3.93. The highest BCUT2D eigenvalue weighted by molar-refractivity contribution is 5.25. The number of hydrogen-bond donors (Lipinski definition) is 0. The zero-order valence-corrected chi connectivity index (χ0v) is 16.2. The van der Waals surface area contributed by atoms with Gasteiger partial charge in [0.15, 0.2) is 0 Å². The van der Waals surface area contributed by atoms with Crippen LogP contribution in [0.1, 0.15) is 30.4 Å². The van der Waals surface area contributed by atoms with Gasteiger partial charge in [-0.1, -0.05) is 18.2 Å². The molecule has 1 aromatic rings. The minimum atomic E-state index is -4.26. The summed E-state index contributed by atoms with van der Waals surface area (Å²) in [5.74, 6) is 1.41. The maximum absolute atomic E-state index is 12.8. The van der Waals surface area contributed by atoms with Crippen LogP contribution in [-0.4, -0.2) is 62.8 Å². The summed E-state index contributed by atoms with van der Waals surface area (Å²) in [6.07, 6.45) is -0.0539. The van der Waals surface area contributed by atoms with Gasteiger partial charge in [0.1, 0.15) is 0 Å². The molecule has 0 N–H and O–H groups in total. The lowest BCUT2D eigenvalue weighted by atomic mass is 9.95. The predicted molar refractivity (Wildman–Crippen MR) is 101 cm³/mol. The van der Waals surface area contributed by atoms with Crippen molar-refractivity contribution in [2.45, 2.75) is 31.9 Å². The number of benzene rings is 1. The third-order valence-corrected chi connectivity index (χ3v) is 5.84. The maximum Gasteiger partial charge on any atom is 0.416 e. The molecule has 0 aliphatic carbocycles. The molecule has 2 aliphatic heterocycles. The lowest BCUT2D eigenvalue weighted by Gasteiger charge is -2.34. The Kier molecular flexibility index (Phi) is 7.17. The summed E-state index contributed by atoms with van der Waals surface area (Å²) < 4.78 is 43.9. The van der Waals surface area contributed by atoms with Crippen molar-refractivity contribution in [3.05, 3.63) is 35.4 Å². The van der Waals surface area contributed by atoms with Gasteiger partial charge in [-0.3, -0.25) is 0 Å². The molecule has 2 heterocycles. The van der Waals surface area contributed by atoms with E-state index in [1.807, 2.05) is 0 Å². The van der Waals surface area contributed by atoms with E-state index in [1.165, 1.54) is 31.4 Å². The van der Waals surface area contributed by atoms with Crippen molar-refractivity contribution >= 4 is 0 Å². The SMILES string of the molecule is CN(CC1CCN(CCc2cccc(C(F)(F)F)c2)CC1)C[C@H]1CCOC1. The van der Waals surface area contributed by atoms with Crippen LogP contribution < -0.4 is 0 Å². The van der Waals surface area contributed by atoms with Crippen LogP contribution in [0.15, 0.2) is 24.3 Å². The monoisotopic (exact) mass is 384 g/mol. The van der Waals surface area contributed by atoms with Crippen LogP contribution in [0.2, 0.25) is 0 Å². The molecule has 1 atom stereocenters. The van der Waals surface area contributed by atoms with Crippen molar-refractivity contribution in [2.24, 2.45) is 11.8 Å². The quantitative estimate of drug-likeness (QED) is 0.709. The minimum Gasteiger partial charge on any atom is -0.381 e. The van der Waals surface area contributed by atoms with E-state index in [1.54, 1.807) is 6.07 Å². The fraction of sp³-hybridized carbons (Fsp3) is 0.714. The third-order valence-electron chi connectivity index (χ3n) is 5.84. The first-order valence-corrected chi connectivity index (χ1v) is 10.0. The highest BCUT2D eigenvalue weighted by atomic mass is 19.4. The Morgan fingerprint density at radius 1 is 1.11 bits per heavy atom. The molecule has 0 unspecified atom stereocenters. The van der Waals surface area contributed by atoms with Gasteiger partial charge in [0.25, 0.3) is 0 Å². The van der Waals surface area contributed by atoms with Gasteiger partial charge >= 0.3 is 6.18 Å². The van der Waals surface area contributed by atoms with Crippen molar-refractivity contribution in [2.75, 3.05) is 53.0 Å². The van der Waals surface area contributed by atoms with Crippen LogP contribution in [-0.2, 0) is 17.3 Å². The Morgan fingerprint density at radius 3 is 2.52 bits per heavy atom. The van der Waals surface area contributed by atoms with Gasteiger partial charge in [-0.05, 0) is 69.3 Å². The summed E-state index contributed by atoms with van der Waals surface area (Å²) in [7, 11) is 2.21. The Balaban J connectivity index is 1.37. The second-order valence-electron chi connectivity index (χ2n) is 8.18. The van der Waals surface area contributed by atoms with Crippen molar-refractivity contribution < 1.29 is 17.9 Å². The van der Waals surface area contributed by atoms with Crippen LogP contribution in [0.25, 0.3) is 0 Å². The first-order chi connectivity index (χ1) is 12.9. The van der Waals surface area contributed by atoms with Gasteiger partial charge in [0, 0.05) is 26.2 Å². The van der Waals surface area contributed by atoms with Gasteiger partial charge in [-0.25, -0.2) is 0 Å². The summed E-state index contributed by atoms with van der Waals surface area (Å²) >= 11 is 0. The van der Waals surface area contributed by atoms with E-state index in [2.05, 4.69) is 16.8 Å². The second-order valence-corrected chi connectivity index (χ2v) is 8.18. The maximum atomic E-state index is 12.8. The molecule has 0 bridgehead atoms. The Labute approximate surface area is 160 Å². The smallest absolute Gasteiger partial charge is 0.381 e. The number of nitrogens with zero attached hydrogens (tertiary/aromatic N) is 2. The lowest BCUT2D eigenvalue weighted by Crippen LogP contribution is -2.39. The fourth-order valence-corrected chi connectivity index (χ4v) is 4.27. The van der Waals surface area contributed by atoms with E-state index in [0.717, 1.165) is 63.5 Å². The highest BCUT2D eigenvalue weighted by Crippen LogP contribution is 2.29. The summed E-state index contributed by atoms with van der Waals surface area (Å²) in [4.78, 5) is 4.84. The fourth-order valence-electron chi connectivity index (χ4n) is 4.27. The Hall–Kier alpha value is -1.11. The lowest BCUT2D eigenvalue weighted by molar-refractivity contribution is -0.137. The number of piperidine rings is 1. The van der Waals surface area contributed by atoms with E-state index in [4.69, 9.17) is 4.74 Å². The van der Waals surface area contributed by atoms with Gasteiger partial charge in [0.2, 0.25) is 0 Å². The molecule has 2 fully saturated rings. The molecular weight excluding hydrogens is 353 g/mol. The molecule has 0 radical (unpaired) electrons. The molecule has 27 heavy (non-hydrogen) atoms. The van der Waals surface area contributed by atoms with Crippen LogP contribution in [0.5, 0.6) is 0 Å². The van der Waals surface area contributed by atoms with E-state index in [-0.39, 0.29) is 0 Å². The number of ether oxygens (including phenoxy) is 1. The molecule has 152 valence electrons. The topological polar surface area (TPSA) is 15.7 Å². The average Bonchev–Trinajstić information content (AvgIpc) is 3.13. The molecule has 2 saturated heterocycles. The second kappa shape index (κ2) is 9.39. The van der Waals surface area contributed by atoms with Gasteiger partial charge in [-0.2, -0.15) is 13.2 Å². The van der Waals surface area contributed by atoms with Crippen LogP contribution in [0.4, 0.5) is 13.2 Å². The van der Waals surface area contributed by atoms with Crippen LogP contribution >= 0.6 is 0 Å². The van der Waals surface area contributed by atoms with Crippen LogP contribution in [0.3, 0.4) is 0 Å². The van der Waals surface area contributed by atoms with E-state index in [9.17, 15) is 13.2 Å². The molecule has 3 rings (SSSR count). The third kappa shape index (κ3) is 6.47. The standard InChI is InChI=1S/C21H31F3N2O/c1-25(15-19-8-12-27-16-19)14-18-6-10-26(11-7-18)9-5-17-3-2-4-20(13-17)21(22,23)24/h2-4,13,18-19H,5-12,14-16H2,1H3/t19-/m1/s1. The summed E-state index contributed by atoms with van der Waals surface area (Å²) in [5.41, 5.74) is 0.222. The van der Waals surface area contributed by atoms with Crippen molar-refractivity contribution in [1.82, 2.24) is 9.80 Å². The first kappa shape index (κ1) is 20.6. The Bertz CT molecular complexity index is 579. The van der Waals surface area contributed by atoms with Gasteiger partial charge in [0.05, 0.1) is 12.2 Å². The number of rotatable bonds is 7. The molecule has 2 aliphatic rings. The van der Waals surface area contributed by atoms with Gasteiger partial charge < -0.3 is 14.5 Å². The molecular formula is C21H31F3N2O. The zero-order chi connectivity index (χ0) is 19.3. The van der Waals surface area contributed by atoms with Crippen molar-refractivity contribution in [1.29, 1.82) is 0 Å². The normalized spacial score (nSPS) is 22.6. The number of hydrogen-bond acceptors (Lipinski definition) is 3. The Morgan fingerprint density at radius 2 is 1.85 bits per heavy atom. The van der Waals surface area contributed by atoms with E-state index in [0.29, 0.717) is 12.3 Å². The molecule has 0 aromatic heterocycles. The zero-order valence-electron chi connectivity index (χ0n) is 16.2. The molecule has 6 heteroatoms. The highest BCUT2D eigenvalue weighted by Gasteiger charge is 2.30.